The van der Waals surface area contributed by atoms with E-state index in [1.165, 1.54) is 0 Å². The third-order valence-corrected chi connectivity index (χ3v) is 4.20. The van der Waals surface area contributed by atoms with Gasteiger partial charge >= 0.3 is 0 Å². The second kappa shape index (κ2) is 7.43. The molecule has 1 fully saturated rings. The van der Waals surface area contributed by atoms with E-state index in [1.54, 1.807) is 23.1 Å². The summed E-state index contributed by atoms with van der Waals surface area (Å²) in [6.07, 6.45) is 1.73. The molecule has 2 N–H and O–H groups in total. The molecule has 2 aliphatic rings. The number of nitrogens with zero attached hydrogens (tertiary/aromatic N) is 3. The highest BCUT2D eigenvalue weighted by molar-refractivity contribution is 6.43. The fraction of sp³-hybridized carbons (Fsp3) is 0.412. The van der Waals surface area contributed by atoms with Gasteiger partial charge in [-0.25, -0.2) is 5.01 Å². The van der Waals surface area contributed by atoms with Crippen LogP contribution >= 0.6 is 0 Å². The third-order valence-electron chi connectivity index (χ3n) is 4.20. The van der Waals surface area contributed by atoms with Crippen LogP contribution in [0.4, 0.5) is 11.4 Å². The molecule has 132 valence electrons. The van der Waals surface area contributed by atoms with Crippen LogP contribution < -0.4 is 10.2 Å². The van der Waals surface area contributed by atoms with Crippen LogP contribution in [-0.4, -0.2) is 53.2 Å². The molecular weight excluding hydrogens is 324 g/mol. The molecule has 0 saturated carbocycles. The molecule has 0 atom stereocenters. The van der Waals surface area contributed by atoms with Crippen molar-refractivity contribution >= 4 is 34.8 Å². The maximum Gasteiger partial charge on any atom is 0.271 e. The molecule has 2 heterocycles. The molecule has 0 aliphatic carbocycles. The largest absolute Gasteiger partial charge is 0.394 e. The number of nitrogens with one attached hydrogen (secondary N) is 1. The zero-order chi connectivity index (χ0) is 17.8. The first-order valence-corrected chi connectivity index (χ1v) is 8.29. The lowest BCUT2D eigenvalue weighted by molar-refractivity contribution is -0.132. The first-order valence-electron chi connectivity index (χ1n) is 8.29. The Bertz CT molecular complexity index is 731. The number of anilines is 2. The van der Waals surface area contributed by atoms with Crippen molar-refractivity contribution in [1.82, 2.24) is 5.01 Å². The molecule has 8 heteroatoms. The van der Waals surface area contributed by atoms with Gasteiger partial charge in [-0.15, -0.1) is 0 Å². The number of hydrogen-bond acceptors (Lipinski definition) is 5. The van der Waals surface area contributed by atoms with E-state index in [9.17, 15) is 14.4 Å². The number of rotatable bonds is 5. The summed E-state index contributed by atoms with van der Waals surface area (Å²) in [5, 5.41) is 16.9. The summed E-state index contributed by atoms with van der Waals surface area (Å²) >= 11 is 0. The average molecular weight is 344 g/mol. The minimum absolute atomic E-state index is 0.0384. The van der Waals surface area contributed by atoms with E-state index in [-0.39, 0.29) is 43.5 Å². The van der Waals surface area contributed by atoms with Gasteiger partial charge in [-0.2, -0.15) is 5.10 Å². The molecule has 1 aromatic rings. The van der Waals surface area contributed by atoms with Gasteiger partial charge in [0, 0.05) is 25.8 Å². The van der Waals surface area contributed by atoms with Crippen molar-refractivity contribution in [2.75, 3.05) is 29.9 Å². The average Bonchev–Trinajstić information content (AvgIpc) is 3.03. The van der Waals surface area contributed by atoms with Crippen molar-refractivity contribution in [3.63, 3.8) is 0 Å². The Labute approximate surface area is 145 Å². The van der Waals surface area contributed by atoms with Crippen molar-refractivity contribution < 1.29 is 19.5 Å². The highest BCUT2D eigenvalue weighted by atomic mass is 16.3. The zero-order valence-corrected chi connectivity index (χ0v) is 13.8. The van der Waals surface area contributed by atoms with Gasteiger partial charge < -0.3 is 15.3 Å². The van der Waals surface area contributed by atoms with Crippen LogP contribution in [-0.2, 0) is 14.4 Å². The molecule has 8 nitrogen and oxygen atoms in total. The van der Waals surface area contributed by atoms with Crippen molar-refractivity contribution in [3.8, 4) is 0 Å². The fourth-order valence-electron chi connectivity index (χ4n) is 2.95. The van der Waals surface area contributed by atoms with E-state index < -0.39 is 5.91 Å². The predicted octanol–water partition coefficient (Wildman–Crippen LogP) is 0.723. The summed E-state index contributed by atoms with van der Waals surface area (Å²) in [4.78, 5) is 37.9. The maximum absolute atomic E-state index is 12.5. The number of carbonyl (C=O) groups excluding carboxylic acids is 3. The lowest BCUT2D eigenvalue weighted by atomic mass is 10.1. The highest BCUT2D eigenvalue weighted by Crippen LogP contribution is 2.29. The van der Waals surface area contributed by atoms with Gasteiger partial charge in [-0.3, -0.25) is 14.4 Å². The van der Waals surface area contributed by atoms with E-state index in [0.717, 1.165) is 11.4 Å². The predicted molar refractivity (Wildman–Crippen MR) is 92.1 cm³/mol. The minimum Gasteiger partial charge on any atom is -0.394 e. The second-order valence-corrected chi connectivity index (χ2v) is 5.91. The first-order chi connectivity index (χ1) is 12.1. The zero-order valence-electron chi connectivity index (χ0n) is 13.8. The maximum atomic E-state index is 12.5. The third kappa shape index (κ3) is 3.69. The summed E-state index contributed by atoms with van der Waals surface area (Å²) < 4.78 is 0. The van der Waals surface area contributed by atoms with Crippen molar-refractivity contribution in [3.05, 3.63) is 24.3 Å². The number of β-amino-alcohol motifs (C(OH)–C–C–N with tert-alkyl or cyclic N) is 1. The van der Waals surface area contributed by atoms with E-state index in [2.05, 4.69) is 10.4 Å². The van der Waals surface area contributed by atoms with Crippen LogP contribution in [0.3, 0.4) is 0 Å². The molecule has 0 aromatic heterocycles. The first kappa shape index (κ1) is 17.1. The quantitative estimate of drug-likeness (QED) is 0.822. The number of amides is 3. The van der Waals surface area contributed by atoms with Crippen LogP contribution in [0, 0.1) is 0 Å². The van der Waals surface area contributed by atoms with Gasteiger partial charge in [0.15, 0.2) is 0 Å². The lowest BCUT2D eigenvalue weighted by Gasteiger charge is -2.23. The summed E-state index contributed by atoms with van der Waals surface area (Å²) in [5.41, 5.74) is 1.43. The Kier molecular flexibility index (Phi) is 5.08. The fourth-order valence-corrected chi connectivity index (χ4v) is 2.95. The van der Waals surface area contributed by atoms with Gasteiger partial charge in [0.05, 0.1) is 24.5 Å². The molecule has 0 unspecified atom stereocenters. The van der Waals surface area contributed by atoms with Gasteiger partial charge in [0.2, 0.25) is 11.8 Å². The molecule has 0 radical (unpaired) electrons. The van der Waals surface area contributed by atoms with Crippen LogP contribution in [0.15, 0.2) is 29.4 Å². The van der Waals surface area contributed by atoms with E-state index in [4.69, 9.17) is 5.11 Å². The summed E-state index contributed by atoms with van der Waals surface area (Å²) in [7, 11) is 0. The normalized spacial score (nSPS) is 17.7. The summed E-state index contributed by atoms with van der Waals surface area (Å²) in [6, 6.07) is 7.13. The SMILES string of the molecule is O=C(Nc1ccccc1N1CCCC1=O)C1=NN(CCO)C(=O)CC1. The molecule has 0 spiro atoms. The van der Waals surface area contributed by atoms with E-state index >= 15 is 0 Å². The lowest BCUT2D eigenvalue weighted by Crippen LogP contribution is -2.37. The molecular formula is C17H20N4O4. The topological polar surface area (TPSA) is 102 Å². The minimum atomic E-state index is -0.408. The second-order valence-electron chi connectivity index (χ2n) is 5.91. The molecule has 3 amide bonds. The Morgan fingerprint density at radius 3 is 2.68 bits per heavy atom. The van der Waals surface area contributed by atoms with Crippen molar-refractivity contribution in [2.45, 2.75) is 25.7 Å². The van der Waals surface area contributed by atoms with Crippen LogP contribution in [0.2, 0.25) is 0 Å². The number of hydrogen-bond donors (Lipinski definition) is 2. The Morgan fingerprint density at radius 1 is 1.16 bits per heavy atom. The van der Waals surface area contributed by atoms with E-state index in [1.807, 2.05) is 6.07 Å². The van der Waals surface area contributed by atoms with Crippen LogP contribution in [0.25, 0.3) is 0 Å². The number of carbonyl (C=O) groups is 3. The molecule has 1 saturated heterocycles. The Balaban J connectivity index is 1.78. The van der Waals surface area contributed by atoms with Crippen LogP contribution in [0.1, 0.15) is 25.7 Å². The van der Waals surface area contributed by atoms with Crippen molar-refractivity contribution in [1.29, 1.82) is 0 Å². The molecule has 3 rings (SSSR count). The smallest absolute Gasteiger partial charge is 0.271 e. The monoisotopic (exact) mass is 344 g/mol. The number of hydrazone groups is 1. The van der Waals surface area contributed by atoms with Gasteiger partial charge in [-0.1, -0.05) is 12.1 Å². The molecule has 1 aromatic carbocycles. The van der Waals surface area contributed by atoms with Gasteiger partial charge in [0.25, 0.3) is 5.91 Å². The molecule has 0 bridgehead atoms. The standard InChI is InChI=1S/C17H20N4O4/c22-11-10-21-16(24)8-7-13(19-21)17(25)18-12-4-1-2-5-14(12)20-9-3-6-15(20)23/h1-2,4-5,22H,3,6-11H2,(H,18,25). The summed E-state index contributed by atoms with van der Waals surface area (Å²) in [5.74, 6) is -0.584. The molecule has 25 heavy (non-hydrogen) atoms. The van der Waals surface area contributed by atoms with Crippen LogP contribution in [0.5, 0.6) is 0 Å². The van der Waals surface area contributed by atoms with Gasteiger partial charge in [-0.05, 0) is 18.6 Å². The highest BCUT2D eigenvalue weighted by Gasteiger charge is 2.27. The Morgan fingerprint density at radius 2 is 1.96 bits per heavy atom. The summed E-state index contributed by atoms with van der Waals surface area (Å²) in [6.45, 7) is 0.476. The van der Waals surface area contributed by atoms with E-state index in [0.29, 0.717) is 24.3 Å². The number of benzene rings is 1. The Hall–Kier alpha value is -2.74. The number of aliphatic hydroxyl groups is 1. The number of aliphatic hydroxyl groups excluding tert-OH is 1. The number of para-hydroxylation sites is 2. The molecule has 2 aliphatic heterocycles. The van der Waals surface area contributed by atoms with Gasteiger partial charge in [0.1, 0.15) is 5.71 Å². The van der Waals surface area contributed by atoms with Crippen molar-refractivity contribution in [2.24, 2.45) is 5.10 Å².